The lowest BCUT2D eigenvalue weighted by Gasteiger charge is -2.31. The van der Waals surface area contributed by atoms with Gasteiger partial charge in [-0.2, -0.15) is 0 Å². The third kappa shape index (κ3) is 3.53. The molecule has 1 aromatic carbocycles. The van der Waals surface area contributed by atoms with Crippen LogP contribution in [0.15, 0.2) is 23.2 Å². The normalized spacial score (nSPS) is 20.1. The van der Waals surface area contributed by atoms with Crippen molar-refractivity contribution in [2.24, 2.45) is 10.4 Å². The highest BCUT2D eigenvalue weighted by Gasteiger charge is 2.27. The van der Waals surface area contributed by atoms with Crippen LogP contribution in [-0.2, 0) is 0 Å². The molecule has 0 saturated carbocycles. The van der Waals surface area contributed by atoms with Crippen LogP contribution in [0.3, 0.4) is 0 Å². The molecule has 1 atom stereocenters. The zero-order chi connectivity index (χ0) is 14.0. The maximum absolute atomic E-state index is 4.90. The number of aliphatic imine (C=N–C) groups is 1. The number of amidine groups is 1. The molecule has 0 aliphatic carbocycles. The van der Waals surface area contributed by atoms with Gasteiger partial charge in [-0.15, -0.1) is 0 Å². The SMILES string of the molecule is Cc1cccc(C)c1NC1=NC(C(C)(C)C)CCS1. The minimum absolute atomic E-state index is 0.245. The van der Waals surface area contributed by atoms with E-state index in [9.17, 15) is 0 Å². The highest BCUT2D eigenvalue weighted by molar-refractivity contribution is 8.14. The molecule has 3 heteroatoms. The lowest BCUT2D eigenvalue weighted by molar-refractivity contribution is 0.316. The summed E-state index contributed by atoms with van der Waals surface area (Å²) in [6.07, 6.45) is 1.17. The number of para-hydroxylation sites is 1. The van der Waals surface area contributed by atoms with Crippen molar-refractivity contribution in [3.8, 4) is 0 Å². The Hall–Kier alpha value is -0.960. The summed E-state index contributed by atoms with van der Waals surface area (Å²) < 4.78 is 0. The Labute approximate surface area is 121 Å². The van der Waals surface area contributed by atoms with E-state index in [1.807, 2.05) is 11.8 Å². The van der Waals surface area contributed by atoms with E-state index in [-0.39, 0.29) is 5.41 Å². The van der Waals surface area contributed by atoms with Crippen LogP contribution in [0.2, 0.25) is 0 Å². The van der Waals surface area contributed by atoms with E-state index in [1.54, 1.807) is 0 Å². The van der Waals surface area contributed by atoms with Crippen LogP contribution in [0, 0.1) is 19.3 Å². The number of nitrogens with zero attached hydrogens (tertiary/aromatic N) is 1. The van der Waals surface area contributed by atoms with Crippen LogP contribution in [0.25, 0.3) is 0 Å². The Morgan fingerprint density at radius 1 is 1.21 bits per heavy atom. The predicted molar refractivity (Wildman–Crippen MR) is 87.3 cm³/mol. The van der Waals surface area contributed by atoms with Crippen molar-refractivity contribution in [1.82, 2.24) is 0 Å². The molecule has 1 heterocycles. The van der Waals surface area contributed by atoms with Gasteiger partial charge in [-0.05, 0) is 36.8 Å². The van der Waals surface area contributed by atoms with Gasteiger partial charge >= 0.3 is 0 Å². The maximum Gasteiger partial charge on any atom is 0.161 e. The first-order valence-corrected chi connectivity index (χ1v) is 7.90. The molecule has 104 valence electrons. The number of anilines is 1. The molecule has 0 bridgehead atoms. The molecule has 1 unspecified atom stereocenters. The molecule has 19 heavy (non-hydrogen) atoms. The van der Waals surface area contributed by atoms with Gasteiger partial charge in [0.15, 0.2) is 5.17 Å². The Kier molecular flexibility index (Phi) is 4.24. The average Bonchev–Trinajstić information content (AvgIpc) is 2.33. The Bertz CT molecular complexity index is 466. The molecule has 0 spiro atoms. The molecule has 1 N–H and O–H groups in total. The van der Waals surface area contributed by atoms with Crippen molar-refractivity contribution in [3.05, 3.63) is 29.3 Å². The summed E-state index contributed by atoms with van der Waals surface area (Å²) in [7, 11) is 0. The summed E-state index contributed by atoms with van der Waals surface area (Å²) in [5.41, 5.74) is 4.01. The molecule has 0 fully saturated rings. The van der Waals surface area contributed by atoms with Gasteiger partial charge in [-0.3, -0.25) is 4.99 Å². The highest BCUT2D eigenvalue weighted by Crippen LogP contribution is 2.31. The summed E-state index contributed by atoms with van der Waals surface area (Å²) in [6, 6.07) is 6.80. The molecule has 2 rings (SSSR count). The van der Waals surface area contributed by atoms with Crippen LogP contribution in [0.4, 0.5) is 5.69 Å². The van der Waals surface area contributed by atoms with Crippen LogP contribution in [0.5, 0.6) is 0 Å². The largest absolute Gasteiger partial charge is 0.335 e. The van der Waals surface area contributed by atoms with Gasteiger partial charge in [0.2, 0.25) is 0 Å². The van der Waals surface area contributed by atoms with Gasteiger partial charge in [0.1, 0.15) is 0 Å². The number of nitrogens with one attached hydrogen (secondary N) is 1. The van der Waals surface area contributed by atoms with Crippen LogP contribution >= 0.6 is 11.8 Å². The molecule has 1 aliphatic heterocycles. The van der Waals surface area contributed by atoms with Crippen molar-refractivity contribution >= 4 is 22.6 Å². The third-order valence-electron chi connectivity index (χ3n) is 3.62. The van der Waals surface area contributed by atoms with E-state index in [2.05, 4.69) is 58.1 Å². The van der Waals surface area contributed by atoms with Crippen molar-refractivity contribution in [1.29, 1.82) is 0 Å². The molecule has 2 nitrogen and oxygen atoms in total. The quantitative estimate of drug-likeness (QED) is 0.809. The number of hydrogen-bond donors (Lipinski definition) is 1. The highest BCUT2D eigenvalue weighted by atomic mass is 32.2. The first-order chi connectivity index (χ1) is 8.88. The smallest absolute Gasteiger partial charge is 0.161 e. The standard InChI is InChI=1S/C16H24N2S/c1-11-7-6-8-12(2)14(11)18-15-17-13(9-10-19-15)16(3,4)5/h6-8,13H,9-10H2,1-5H3,(H,17,18). The summed E-state index contributed by atoms with van der Waals surface area (Å²) in [6.45, 7) is 11.1. The zero-order valence-corrected chi connectivity index (χ0v) is 13.4. The zero-order valence-electron chi connectivity index (χ0n) is 12.6. The molecular formula is C16H24N2S. The second kappa shape index (κ2) is 5.58. The second-order valence-electron chi connectivity index (χ2n) is 6.35. The van der Waals surface area contributed by atoms with Gasteiger partial charge in [0, 0.05) is 11.4 Å². The van der Waals surface area contributed by atoms with Crippen LogP contribution in [-0.4, -0.2) is 17.0 Å². The third-order valence-corrected chi connectivity index (χ3v) is 4.54. The van der Waals surface area contributed by atoms with E-state index < -0.39 is 0 Å². The minimum atomic E-state index is 0.245. The molecule has 0 aromatic heterocycles. The van der Waals surface area contributed by atoms with Gasteiger partial charge < -0.3 is 5.32 Å². The van der Waals surface area contributed by atoms with Crippen molar-refractivity contribution in [3.63, 3.8) is 0 Å². The topological polar surface area (TPSA) is 24.4 Å². The first kappa shape index (κ1) is 14.4. The van der Waals surface area contributed by atoms with E-state index in [0.717, 1.165) is 10.9 Å². The molecular weight excluding hydrogens is 252 g/mol. The monoisotopic (exact) mass is 276 g/mol. The van der Waals surface area contributed by atoms with Gasteiger partial charge in [0.05, 0.1) is 6.04 Å². The fourth-order valence-electron chi connectivity index (χ4n) is 2.32. The molecule has 1 aliphatic rings. The number of hydrogen-bond acceptors (Lipinski definition) is 3. The number of benzene rings is 1. The summed E-state index contributed by atoms with van der Waals surface area (Å²) in [5.74, 6) is 1.15. The maximum atomic E-state index is 4.90. The Balaban J connectivity index is 2.21. The molecule has 0 amide bonds. The van der Waals surface area contributed by atoms with Crippen molar-refractivity contribution < 1.29 is 0 Å². The number of thioether (sulfide) groups is 1. The van der Waals surface area contributed by atoms with Crippen molar-refractivity contribution in [2.75, 3.05) is 11.1 Å². The van der Waals surface area contributed by atoms with Gasteiger partial charge in [-0.25, -0.2) is 0 Å². The Morgan fingerprint density at radius 3 is 2.42 bits per heavy atom. The van der Waals surface area contributed by atoms with Gasteiger partial charge in [-0.1, -0.05) is 50.7 Å². The van der Waals surface area contributed by atoms with E-state index in [4.69, 9.17) is 4.99 Å². The summed E-state index contributed by atoms with van der Waals surface area (Å²) in [4.78, 5) is 4.90. The molecule has 0 radical (unpaired) electrons. The van der Waals surface area contributed by atoms with Crippen molar-refractivity contribution in [2.45, 2.75) is 47.1 Å². The average molecular weight is 276 g/mol. The summed E-state index contributed by atoms with van der Waals surface area (Å²) >= 11 is 1.83. The predicted octanol–water partition coefficient (Wildman–Crippen LogP) is 4.62. The molecule has 1 aromatic rings. The fourth-order valence-corrected chi connectivity index (χ4v) is 3.23. The van der Waals surface area contributed by atoms with Crippen LogP contribution < -0.4 is 5.32 Å². The minimum Gasteiger partial charge on any atom is -0.335 e. The summed E-state index contributed by atoms with van der Waals surface area (Å²) in [5, 5.41) is 4.61. The van der Waals surface area contributed by atoms with Crippen LogP contribution in [0.1, 0.15) is 38.3 Å². The number of rotatable bonds is 1. The Morgan fingerprint density at radius 2 is 1.84 bits per heavy atom. The lowest BCUT2D eigenvalue weighted by Crippen LogP contribution is -2.30. The van der Waals surface area contributed by atoms with E-state index in [0.29, 0.717) is 6.04 Å². The first-order valence-electron chi connectivity index (χ1n) is 6.92. The molecule has 0 saturated heterocycles. The van der Waals surface area contributed by atoms with Gasteiger partial charge in [0.25, 0.3) is 0 Å². The number of aryl methyl sites for hydroxylation is 2. The fraction of sp³-hybridized carbons (Fsp3) is 0.562. The van der Waals surface area contributed by atoms with E-state index >= 15 is 0 Å². The second-order valence-corrected chi connectivity index (χ2v) is 7.43. The van der Waals surface area contributed by atoms with E-state index in [1.165, 1.54) is 23.2 Å². The lowest BCUT2D eigenvalue weighted by atomic mass is 9.85.